The number of hydrogen-bond acceptors (Lipinski definition) is 1. The number of rotatable bonds is 7. The topological polar surface area (TPSA) is 3.24 Å². The molecule has 0 radical (unpaired) electrons. The van der Waals surface area contributed by atoms with Gasteiger partial charge in [0.25, 0.3) is 0 Å². The van der Waals surface area contributed by atoms with Crippen molar-refractivity contribution in [2.45, 2.75) is 43.9 Å². The third-order valence-corrected chi connectivity index (χ3v) is 9.15. The third kappa shape index (κ3) is 4.42. The van der Waals surface area contributed by atoms with Crippen LogP contribution in [0.1, 0.15) is 59.9 Å². The molecule has 3 aromatic rings. The summed E-state index contributed by atoms with van der Waals surface area (Å²) in [7, 11) is 0. The number of nitrogens with zero attached hydrogens (tertiary/aromatic N) is 1. The molecule has 186 valence electrons. The third-order valence-electron chi connectivity index (χ3n) is 8.60. The van der Waals surface area contributed by atoms with Crippen LogP contribution in [0, 0.1) is 5.92 Å². The fourth-order valence-corrected chi connectivity index (χ4v) is 7.00. The van der Waals surface area contributed by atoms with Gasteiger partial charge in [-0.2, -0.15) is 0 Å². The van der Waals surface area contributed by atoms with Gasteiger partial charge in [0.1, 0.15) is 0 Å². The molecule has 1 aliphatic heterocycles. The second kappa shape index (κ2) is 9.97. The van der Waals surface area contributed by atoms with Crippen molar-refractivity contribution in [1.29, 1.82) is 0 Å². The van der Waals surface area contributed by atoms with Crippen LogP contribution in [0.3, 0.4) is 0 Å². The molecule has 6 rings (SSSR count). The zero-order valence-corrected chi connectivity index (χ0v) is 22.1. The van der Waals surface area contributed by atoms with Gasteiger partial charge in [-0.3, -0.25) is 4.39 Å². The number of likely N-dealkylation sites (tertiary alicyclic amines) is 1. The molecular formula is C32H32Cl2FN. The van der Waals surface area contributed by atoms with Crippen LogP contribution in [-0.2, 0) is 11.8 Å². The maximum atomic E-state index is 12.6. The number of halogens is 3. The van der Waals surface area contributed by atoms with Crippen LogP contribution in [0.2, 0.25) is 10.0 Å². The Hall–Kier alpha value is -2.13. The van der Waals surface area contributed by atoms with Crippen molar-refractivity contribution in [1.82, 2.24) is 4.90 Å². The van der Waals surface area contributed by atoms with Crippen LogP contribution in [-0.4, -0.2) is 31.2 Å². The highest BCUT2D eigenvalue weighted by Gasteiger charge is 2.54. The number of alkyl halides is 1. The summed E-state index contributed by atoms with van der Waals surface area (Å²) in [5.41, 5.74) is 9.44. The summed E-state index contributed by atoms with van der Waals surface area (Å²) in [5.74, 6) is 0.698. The maximum Gasteiger partial charge on any atom is 0.0906 e. The van der Waals surface area contributed by atoms with E-state index >= 15 is 0 Å². The highest BCUT2D eigenvalue weighted by molar-refractivity contribution is 6.36. The minimum absolute atomic E-state index is 0.212. The Balaban J connectivity index is 1.37. The first-order valence-electron chi connectivity index (χ1n) is 13.3. The highest BCUT2D eigenvalue weighted by Crippen LogP contribution is 2.56. The Morgan fingerprint density at radius 3 is 2.39 bits per heavy atom. The molecule has 0 bridgehead atoms. The van der Waals surface area contributed by atoms with Crippen molar-refractivity contribution >= 4 is 34.3 Å². The van der Waals surface area contributed by atoms with E-state index in [1.54, 1.807) is 0 Å². The summed E-state index contributed by atoms with van der Waals surface area (Å²) in [6.07, 6.45) is 6.34. The van der Waals surface area contributed by atoms with E-state index < -0.39 is 0 Å². The van der Waals surface area contributed by atoms with Gasteiger partial charge in [0, 0.05) is 35.1 Å². The number of aryl methyl sites for hydroxylation is 1. The Kier molecular flexibility index (Phi) is 6.71. The predicted molar refractivity (Wildman–Crippen MR) is 150 cm³/mol. The summed E-state index contributed by atoms with van der Waals surface area (Å²) in [6.45, 7) is 2.90. The smallest absolute Gasteiger partial charge is 0.0906 e. The van der Waals surface area contributed by atoms with Crippen molar-refractivity contribution in [3.05, 3.63) is 105 Å². The average Bonchev–Trinajstić information content (AvgIpc) is 3.67. The number of fused-ring (bicyclic) bond motifs is 1. The van der Waals surface area contributed by atoms with Crippen molar-refractivity contribution in [3.8, 4) is 0 Å². The molecule has 1 saturated heterocycles. The summed E-state index contributed by atoms with van der Waals surface area (Å²) in [5, 5.41) is 1.38. The lowest BCUT2D eigenvalue weighted by Gasteiger charge is -2.44. The number of hydrogen-bond donors (Lipinski definition) is 0. The predicted octanol–water partition coefficient (Wildman–Crippen LogP) is 8.61. The molecule has 2 aliphatic carbocycles. The minimum atomic E-state index is -0.212. The van der Waals surface area contributed by atoms with Crippen LogP contribution in [0.25, 0.3) is 11.1 Å². The molecule has 0 aromatic heterocycles. The van der Waals surface area contributed by atoms with Gasteiger partial charge in [0.05, 0.1) is 6.67 Å². The molecule has 0 amide bonds. The van der Waals surface area contributed by atoms with Crippen LogP contribution in [0.5, 0.6) is 0 Å². The molecule has 2 fully saturated rings. The van der Waals surface area contributed by atoms with Crippen LogP contribution in [0.4, 0.5) is 4.39 Å². The van der Waals surface area contributed by atoms with Crippen LogP contribution < -0.4 is 0 Å². The standard InChI is InChI=1S/C32H32Cl2FN/c33-26-13-14-28(30(34)19-26)29-8-3-6-22-5-1-2-7-27(22)31(29)23-9-11-24(12-10-23)32(15-16-32)25-20-36(21-25)18-4-17-35/h1-2,5,7,9-14,19,25H,3-4,6,8,15-18,20-21H2. The fraction of sp³-hybridized carbons (Fsp3) is 0.375. The van der Waals surface area contributed by atoms with E-state index in [2.05, 4.69) is 59.5 Å². The second-order valence-corrected chi connectivity index (χ2v) is 11.6. The zero-order chi connectivity index (χ0) is 24.7. The van der Waals surface area contributed by atoms with Gasteiger partial charge >= 0.3 is 0 Å². The fourth-order valence-electron chi connectivity index (χ4n) is 6.48. The average molecular weight is 521 g/mol. The normalized spacial score (nSPS) is 19.5. The largest absolute Gasteiger partial charge is 0.303 e. The van der Waals surface area contributed by atoms with E-state index in [0.717, 1.165) is 44.5 Å². The minimum Gasteiger partial charge on any atom is -0.303 e. The zero-order valence-electron chi connectivity index (χ0n) is 20.6. The quantitative estimate of drug-likeness (QED) is 0.302. The van der Waals surface area contributed by atoms with Gasteiger partial charge in [-0.15, -0.1) is 0 Å². The first kappa shape index (κ1) is 24.2. The van der Waals surface area contributed by atoms with Crippen molar-refractivity contribution in [3.63, 3.8) is 0 Å². The molecule has 0 spiro atoms. The molecule has 4 heteroatoms. The van der Waals surface area contributed by atoms with Crippen molar-refractivity contribution in [2.24, 2.45) is 5.92 Å². The Labute approximate surface area is 223 Å². The summed E-state index contributed by atoms with van der Waals surface area (Å²) in [6, 6.07) is 24.1. The first-order chi connectivity index (χ1) is 17.6. The molecule has 3 aromatic carbocycles. The Morgan fingerprint density at radius 2 is 1.67 bits per heavy atom. The van der Waals surface area contributed by atoms with Gasteiger partial charge in [-0.1, -0.05) is 77.8 Å². The Morgan fingerprint density at radius 1 is 0.889 bits per heavy atom. The van der Waals surface area contributed by atoms with E-state index in [9.17, 15) is 4.39 Å². The molecule has 3 aliphatic rings. The molecule has 1 nitrogen and oxygen atoms in total. The molecular weight excluding hydrogens is 488 g/mol. The SMILES string of the molecule is FCCCN1CC(C2(c3ccc(C4=C(c5ccc(Cl)cc5Cl)CCCc5ccccc54)cc3)CC2)C1. The monoisotopic (exact) mass is 519 g/mol. The molecule has 1 heterocycles. The van der Waals surface area contributed by atoms with Gasteiger partial charge in [-0.05, 0) is 95.5 Å². The molecule has 36 heavy (non-hydrogen) atoms. The number of allylic oxidation sites excluding steroid dienone is 1. The molecule has 0 unspecified atom stereocenters. The van der Waals surface area contributed by atoms with E-state index in [1.807, 2.05) is 12.1 Å². The van der Waals surface area contributed by atoms with Gasteiger partial charge in [-0.25, -0.2) is 0 Å². The number of benzene rings is 3. The van der Waals surface area contributed by atoms with E-state index in [1.165, 1.54) is 46.2 Å². The van der Waals surface area contributed by atoms with E-state index in [-0.39, 0.29) is 6.67 Å². The molecule has 0 N–H and O–H groups in total. The molecule has 0 atom stereocenters. The lowest BCUT2D eigenvalue weighted by molar-refractivity contribution is 0.0696. The van der Waals surface area contributed by atoms with Gasteiger partial charge in [0.2, 0.25) is 0 Å². The van der Waals surface area contributed by atoms with Crippen molar-refractivity contribution in [2.75, 3.05) is 26.3 Å². The van der Waals surface area contributed by atoms with Crippen LogP contribution in [0.15, 0.2) is 66.7 Å². The van der Waals surface area contributed by atoms with Crippen LogP contribution >= 0.6 is 23.2 Å². The maximum absolute atomic E-state index is 12.6. The van der Waals surface area contributed by atoms with Gasteiger partial charge < -0.3 is 4.90 Å². The van der Waals surface area contributed by atoms with Gasteiger partial charge in [0.15, 0.2) is 0 Å². The summed E-state index contributed by atoms with van der Waals surface area (Å²) >= 11 is 13.0. The van der Waals surface area contributed by atoms with E-state index in [4.69, 9.17) is 23.2 Å². The van der Waals surface area contributed by atoms with E-state index in [0.29, 0.717) is 27.8 Å². The Bertz CT molecular complexity index is 1290. The van der Waals surface area contributed by atoms with Crippen molar-refractivity contribution < 1.29 is 4.39 Å². The summed E-state index contributed by atoms with van der Waals surface area (Å²) in [4.78, 5) is 2.41. The lowest BCUT2D eigenvalue weighted by atomic mass is 9.77. The highest BCUT2D eigenvalue weighted by atomic mass is 35.5. The lowest BCUT2D eigenvalue weighted by Crippen LogP contribution is -2.52. The first-order valence-corrected chi connectivity index (χ1v) is 14.0. The summed E-state index contributed by atoms with van der Waals surface area (Å²) < 4.78 is 12.6. The second-order valence-electron chi connectivity index (χ2n) is 10.7. The molecule has 1 saturated carbocycles.